The van der Waals surface area contributed by atoms with Crippen molar-refractivity contribution in [2.75, 3.05) is 0 Å². The molecule has 23 heavy (non-hydrogen) atoms. The summed E-state index contributed by atoms with van der Waals surface area (Å²) in [5, 5.41) is 0. The number of halogens is 8. The Morgan fingerprint density at radius 1 is 0.739 bits per heavy atom. The van der Waals surface area contributed by atoms with Crippen molar-refractivity contribution in [2.24, 2.45) is 0 Å². The van der Waals surface area contributed by atoms with Crippen molar-refractivity contribution in [1.29, 1.82) is 0 Å². The fraction of sp³-hybridized carbons (Fsp3) is 0.429. The number of allylic oxidation sites excluding steroid dienone is 8. The van der Waals surface area contributed by atoms with Gasteiger partial charge in [-0.15, -0.1) is 0 Å². The van der Waals surface area contributed by atoms with Gasteiger partial charge in [-0.1, -0.05) is 0 Å². The van der Waals surface area contributed by atoms with E-state index < -0.39 is 53.0 Å². The third-order valence-corrected chi connectivity index (χ3v) is 7.50. The standard InChI is InChI=1S/2C7H6F3.2ClH.Zr/c2*1-5-2-3-6(4-5)7(8,9)10;;;/h2*2-4H,1H3;2*1H;/q;;;;+2/p-2. The van der Waals surface area contributed by atoms with E-state index in [0.717, 1.165) is 24.3 Å². The summed E-state index contributed by atoms with van der Waals surface area (Å²) in [5.41, 5.74) is -1.42. The summed E-state index contributed by atoms with van der Waals surface area (Å²) in [4.78, 5) is 0. The fourth-order valence-electron chi connectivity index (χ4n) is 2.45. The van der Waals surface area contributed by atoms with Gasteiger partial charge in [-0.25, -0.2) is 0 Å². The average molecular weight is 456 g/mol. The zero-order valence-electron chi connectivity index (χ0n) is 12.0. The maximum atomic E-state index is 12.7. The summed E-state index contributed by atoms with van der Waals surface area (Å²) in [6.45, 7) is 3.32. The molecule has 2 atom stereocenters. The van der Waals surface area contributed by atoms with E-state index in [1.165, 1.54) is 12.2 Å². The molecule has 0 radical (unpaired) electrons. The molecule has 0 nitrogen and oxygen atoms in total. The molecule has 0 aromatic heterocycles. The van der Waals surface area contributed by atoms with Crippen LogP contribution in [0.1, 0.15) is 13.8 Å². The molecule has 0 saturated carbocycles. The molecular weight excluding hydrogens is 444 g/mol. The first kappa shape index (κ1) is 23.0. The van der Waals surface area contributed by atoms with Crippen LogP contribution in [-0.2, 0) is 23.2 Å². The zero-order valence-corrected chi connectivity index (χ0v) is 16.0. The molecule has 0 fully saturated rings. The van der Waals surface area contributed by atoms with E-state index in [2.05, 4.69) is 0 Å². The second-order valence-electron chi connectivity index (χ2n) is 5.55. The third kappa shape index (κ3) is 5.50. The van der Waals surface area contributed by atoms with Crippen LogP contribution < -0.4 is 24.8 Å². The zero-order chi connectivity index (χ0) is 16.1. The van der Waals surface area contributed by atoms with Gasteiger partial charge in [0.1, 0.15) is 0 Å². The minimum atomic E-state index is -4.41. The summed E-state index contributed by atoms with van der Waals surface area (Å²) in [6, 6.07) is 0. The minimum Gasteiger partial charge on any atom is -1.00 e. The molecule has 0 spiro atoms. The van der Waals surface area contributed by atoms with Gasteiger partial charge in [0.05, 0.1) is 0 Å². The molecule has 0 bridgehead atoms. The topological polar surface area (TPSA) is 0 Å². The van der Waals surface area contributed by atoms with Crippen LogP contribution in [0.3, 0.4) is 0 Å². The number of hydrogen-bond donors (Lipinski definition) is 0. The first-order valence-corrected chi connectivity index (χ1v) is 8.57. The Hall–Kier alpha value is 0.00312. The fourth-order valence-corrected chi connectivity index (χ4v) is 7.24. The SMILES string of the molecule is C[C]1([Zr+2][C]2(C)C=CC(C(F)(F)F)=C2)C=CC(C(F)(F)F)=C1.[Cl-].[Cl-]. The van der Waals surface area contributed by atoms with Crippen molar-refractivity contribution < 1.29 is 74.4 Å². The van der Waals surface area contributed by atoms with Gasteiger partial charge in [0, 0.05) is 0 Å². The summed E-state index contributed by atoms with van der Waals surface area (Å²) in [7, 11) is 0. The second kappa shape index (κ2) is 7.09. The molecule has 2 rings (SSSR count). The average Bonchev–Trinajstić information content (AvgIpc) is 2.81. The maximum Gasteiger partial charge on any atom is -1.00 e. The van der Waals surface area contributed by atoms with Gasteiger partial charge < -0.3 is 24.8 Å². The predicted molar refractivity (Wildman–Crippen MR) is 63.3 cm³/mol. The van der Waals surface area contributed by atoms with Crippen LogP contribution in [0.4, 0.5) is 26.3 Å². The summed E-state index contributed by atoms with van der Waals surface area (Å²) >= 11 is -1.67. The smallest absolute Gasteiger partial charge is 1.00 e. The van der Waals surface area contributed by atoms with Crippen LogP contribution in [0.2, 0.25) is 6.25 Å². The van der Waals surface area contributed by atoms with E-state index >= 15 is 0 Å². The Balaban J connectivity index is 0.00000242. The van der Waals surface area contributed by atoms with Crippen molar-refractivity contribution in [3.05, 3.63) is 47.6 Å². The van der Waals surface area contributed by atoms with E-state index in [-0.39, 0.29) is 24.8 Å². The molecule has 2 aliphatic rings. The van der Waals surface area contributed by atoms with Crippen LogP contribution in [0, 0.1) is 0 Å². The number of rotatable bonds is 2. The second-order valence-corrected chi connectivity index (χ2v) is 11.5. The Bertz CT molecular complexity index is 523. The molecule has 0 heterocycles. The summed E-state index contributed by atoms with van der Waals surface area (Å²) < 4.78 is 74.4. The first-order chi connectivity index (χ1) is 9.33. The first-order valence-electron chi connectivity index (χ1n) is 6.11. The van der Waals surface area contributed by atoms with E-state index in [1.807, 2.05) is 0 Å². The molecule has 0 aromatic rings. The van der Waals surface area contributed by atoms with Crippen molar-refractivity contribution in [2.45, 2.75) is 32.4 Å². The van der Waals surface area contributed by atoms with Crippen molar-refractivity contribution in [1.82, 2.24) is 0 Å². The van der Waals surface area contributed by atoms with Gasteiger partial charge >= 0.3 is 130 Å². The molecule has 0 saturated heterocycles. The Labute approximate surface area is 154 Å². The van der Waals surface area contributed by atoms with E-state index in [0.29, 0.717) is 0 Å². The summed E-state index contributed by atoms with van der Waals surface area (Å²) in [6.07, 6.45) is -1.52. The van der Waals surface area contributed by atoms with Crippen LogP contribution >= 0.6 is 0 Å². The predicted octanol–water partition coefficient (Wildman–Crippen LogP) is -0.449. The maximum absolute atomic E-state index is 12.7. The molecule has 0 amide bonds. The van der Waals surface area contributed by atoms with Gasteiger partial charge in [-0.2, -0.15) is 0 Å². The van der Waals surface area contributed by atoms with Crippen LogP contribution in [0.5, 0.6) is 0 Å². The molecule has 0 N–H and O–H groups in total. The molecule has 0 aromatic carbocycles. The van der Waals surface area contributed by atoms with Gasteiger partial charge in [0.15, 0.2) is 0 Å². The van der Waals surface area contributed by atoms with Crippen molar-refractivity contribution in [3.63, 3.8) is 0 Å². The molecule has 128 valence electrons. The minimum absolute atomic E-state index is 0. The quantitative estimate of drug-likeness (QED) is 0.495. The number of hydrogen-bond acceptors (Lipinski definition) is 0. The largest absolute Gasteiger partial charge is 1.00 e. The van der Waals surface area contributed by atoms with Gasteiger partial charge in [0.2, 0.25) is 0 Å². The van der Waals surface area contributed by atoms with Gasteiger partial charge in [-0.3, -0.25) is 0 Å². The normalized spacial score (nSPS) is 29.4. The Morgan fingerprint density at radius 2 is 1.04 bits per heavy atom. The molecule has 2 aliphatic carbocycles. The van der Waals surface area contributed by atoms with Gasteiger partial charge in [0.25, 0.3) is 0 Å². The van der Waals surface area contributed by atoms with Gasteiger partial charge in [-0.05, 0) is 0 Å². The van der Waals surface area contributed by atoms with Crippen molar-refractivity contribution >= 4 is 0 Å². The Morgan fingerprint density at radius 3 is 1.26 bits per heavy atom. The summed E-state index contributed by atoms with van der Waals surface area (Å²) in [5.74, 6) is 0. The molecule has 2 unspecified atom stereocenters. The monoisotopic (exact) mass is 454 g/mol. The Kier molecular flexibility index (Phi) is 7.09. The van der Waals surface area contributed by atoms with Crippen molar-refractivity contribution in [3.8, 4) is 0 Å². The number of alkyl halides is 6. The third-order valence-electron chi connectivity index (χ3n) is 3.32. The van der Waals surface area contributed by atoms with Crippen LogP contribution in [-0.4, -0.2) is 12.4 Å². The van der Waals surface area contributed by atoms with Crippen LogP contribution in [0.25, 0.3) is 0 Å². The van der Waals surface area contributed by atoms with E-state index in [4.69, 9.17) is 0 Å². The molecule has 9 heteroatoms. The molecular formula is C14H12Cl2F6Zr. The van der Waals surface area contributed by atoms with Crippen LogP contribution in [0.15, 0.2) is 47.6 Å². The van der Waals surface area contributed by atoms with E-state index in [1.54, 1.807) is 13.8 Å². The molecule has 0 aliphatic heterocycles. The van der Waals surface area contributed by atoms with E-state index in [9.17, 15) is 26.3 Å².